The highest BCUT2D eigenvalue weighted by atomic mass is 16.3. The molecule has 0 unspecified atom stereocenters. The van der Waals surface area contributed by atoms with Crippen molar-refractivity contribution in [3.8, 4) is 0 Å². The minimum atomic E-state index is -1.09. The summed E-state index contributed by atoms with van der Waals surface area (Å²) in [6.45, 7) is 0. The molecule has 0 fully saturated rings. The number of rotatable bonds is 4. The van der Waals surface area contributed by atoms with E-state index in [4.69, 9.17) is 0 Å². The predicted molar refractivity (Wildman–Crippen MR) is 71.9 cm³/mol. The first-order valence-corrected chi connectivity index (χ1v) is 5.77. The van der Waals surface area contributed by atoms with Crippen LogP contribution in [-0.4, -0.2) is 10.9 Å². The third kappa shape index (κ3) is 3.15. The van der Waals surface area contributed by atoms with Gasteiger partial charge in [0, 0.05) is 0 Å². The number of hydrogen-bond acceptors (Lipinski definition) is 2. The quantitative estimate of drug-likeness (QED) is 0.831. The average molecular weight is 238 g/mol. The van der Waals surface area contributed by atoms with Gasteiger partial charge in [-0.1, -0.05) is 66.7 Å². The highest BCUT2D eigenvalue weighted by Gasteiger charge is 2.13. The van der Waals surface area contributed by atoms with Crippen molar-refractivity contribution in [2.24, 2.45) is 0 Å². The molecule has 2 aromatic carbocycles. The van der Waals surface area contributed by atoms with Crippen molar-refractivity contribution >= 4 is 11.9 Å². The fraction of sp³-hybridized carbons (Fsp3) is 0.0625. The topological polar surface area (TPSA) is 37.3 Å². The van der Waals surface area contributed by atoms with Crippen molar-refractivity contribution in [3.63, 3.8) is 0 Å². The van der Waals surface area contributed by atoms with Crippen molar-refractivity contribution < 1.29 is 9.90 Å². The zero-order valence-corrected chi connectivity index (χ0v) is 9.86. The molecule has 0 spiro atoms. The monoisotopic (exact) mass is 238 g/mol. The van der Waals surface area contributed by atoms with Gasteiger partial charge >= 0.3 is 0 Å². The van der Waals surface area contributed by atoms with E-state index < -0.39 is 6.10 Å². The molecule has 0 aromatic heterocycles. The van der Waals surface area contributed by atoms with Crippen LogP contribution in [-0.2, 0) is 4.79 Å². The van der Waals surface area contributed by atoms with E-state index in [0.29, 0.717) is 5.56 Å². The molecule has 0 radical (unpaired) electrons. The minimum absolute atomic E-state index is 0.315. The van der Waals surface area contributed by atoms with Gasteiger partial charge in [-0.05, 0) is 17.2 Å². The first-order chi connectivity index (χ1) is 8.77. The molecule has 0 heterocycles. The van der Waals surface area contributed by atoms with Crippen LogP contribution in [0.5, 0.6) is 0 Å². The molecule has 2 heteroatoms. The number of hydrogen-bond donors (Lipinski definition) is 1. The lowest BCUT2D eigenvalue weighted by atomic mass is 10.0. The van der Waals surface area contributed by atoms with Crippen LogP contribution in [0, 0.1) is 0 Å². The Kier molecular flexibility index (Phi) is 4.05. The summed E-state index contributed by atoms with van der Waals surface area (Å²) in [5.41, 5.74) is 1.55. The summed E-state index contributed by atoms with van der Waals surface area (Å²) >= 11 is 0. The lowest BCUT2D eigenvalue weighted by Gasteiger charge is -2.06. The average Bonchev–Trinajstić information content (AvgIpc) is 2.46. The maximum atomic E-state index is 11.8. The fourth-order valence-electron chi connectivity index (χ4n) is 1.63. The minimum Gasteiger partial charge on any atom is -0.380 e. The van der Waals surface area contributed by atoms with E-state index in [1.807, 2.05) is 36.4 Å². The van der Waals surface area contributed by atoms with Gasteiger partial charge in [0.15, 0.2) is 5.78 Å². The molecule has 0 bridgehead atoms. The van der Waals surface area contributed by atoms with Gasteiger partial charge in [0.25, 0.3) is 0 Å². The molecular formula is C16H14O2. The molecule has 2 nitrogen and oxygen atoms in total. The molecule has 2 aromatic rings. The molecule has 1 atom stereocenters. The van der Waals surface area contributed by atoms with E-state index in [1.54, 1.807) is 30.3 Å². The van der Waals surface area contributed by atoms with Gasteiger partial charge in [0.2, 0.25) is 0 Å². The van der Waals surface area contributed by atoms with Gasteiger partial charge in [-0.3, -0.25) is 4.79 Å². The number of benzene rings is 2. The summed E-state index contributed by atoms with van der Waals surface area (Å²) < 4.78 is 0. The first-order valence-electron chi connectivity index (χ1n) is 5.77. The Morgan fingerprint density at radius 1 is 0.944 bits per heavy atom. The number of aliphatic hydroxyl groups is 1. The zero-order chi connectivity index (χ0) is 12.8. The first kappa shape index (κ1) is 12.3. The Balaban J connectivity index is 2.07. The van der Waals surface area contributed by atoms with E-state index in [9.17, 15) is 9.90 Å². The maximum Gasteiger partial charge on any atom is 0.188 e. The Morgan fingerprint density at radius 2 is 1.50 bits per heavy atom. The van der Waals surface area contributed by atoms with Gasteiger partial charge in [0.05, 0.1) is 0 Å². The fourth-order valence-corrected chi connectivity index (χ4v) is 1.63. The lowest BCUT2D eigenvalue weighted by Crippen LogP contribution is -2.08. The molecule has 1 N–H and O–H groups in total. The third-order valence-electron chi connectivity index (χ3n) is 2.62. The van der Waals surface area contributed by atoms with E-state index in [0.717, 1.165) is 5.56 Å². The Morgan fingerprint density at radius 3 is 2.11 bits per heavy atom. The SMILES string of the molecule is O=C(/C=C/c1ccccc1)[C@@H](O)c1ccccc1. The summed E-state index contributed by atoms with van der Waals surface area (Å²) in [5.74, 6) is -0.315. The van der Waals surface area contributed by atoms with Gasteiger partial charge in [-0.15, -0.1) is 0 Å². The Hall–Kier alpha value is -2.19. The largest absolute Gasteiger partial charge is 0.380 e. The zero-order valence-electron chi connectivity index (χ0n) is 9.86. The smallest absolute Gasteiger partial charge is 0.188 e. The molecule has 0 saturated carbocycles. The summed E-state index contributed by atoms with van der Waals surface area (Å²) in [5, 5.41) is 9.87. The summed E-state index contributed by atoms with van der Waals surface area (Å²) in [4.78, 5) is 11.8. The van der Waals surface area contributed by atoms with E-state index in [2.05, 4.69) is 0 Å². The van der Waals surface area contributed by atoms with Crippen molar-refractivity contribution in [1.82, 2.24) is 0 Å². The van der Waals surface area contributed by atoms with Gasteiger partial charge in [-0.25, -0.2) is 0 Å². The molecule has 0 aliphatic rings. The van der Waals surface area contributed by atoms with Crippen molar-refractivity contribution in [2.45, 2.75) is 6.10 Å². The van der Waals surface area contributed by atoms with E-state index in [-0.39, 0.29) is 5.78 Å². The van der Waals surface area contributed by atoms with Crippen molar-refractivity contribution in [2.75, 3.05) is 0 Å². The van der Waals surface area contributed by atoms with Crippen molar-refractivity contribution in [3.05, 3.63) is 77.9 Å². The number of carbonyl (C=O) groups is 1. The highest BCUT2D eigenvalue weighted by Crippen LogP contribution is 2.14. The number of aliphatic hydroxyl groups excluding tert-OH is 1. The molecule has 0 aliphatic carbocycles. The predicted octanol–water partition coefficient (Wildman–Crippen LogP) is 3.00. The number of carbonyl (C=O) groups excluding carboxylic acids is 1. The van der Waals surface area contributed by atoms with E-state index in [1.165, 1.54) is 6.08 Å². The van der Waals surface area contributed by atoms with Crippen LogP contribution < -0.4 is 0 Å². The molecule has 0 amide bonds. The van der Waals surface area contributed by atoms with Gasteiger partial charge in [0.1, 0.15) is 6.10 Å². The molecule has 90 valence electrons. The van der Waals surface area contributed by atoms with Crippen LogP contribution in [0.25, 0.3) is 6.08 Å². The molecular weight excluding hydrogens is 224 g/mol. The highest BCUT2D eigenvalue weighted by molar-refractivity contribution is 5.97. The molecule has 18 heavy (non-hydrogen) atoms. The normalized spacial score (nSPS) is 12.5. The second-order valence-electron chi connectivity index (χ2n) is 3.96. The van der Waals surface area contributed by atoms with E-state index >= 15 is 0 Å². The standard InChI is InChI=1S/C16H14O2/c17-15(12-11-13-7-3-1-4-8-13)16(18)14-9-5-2-6-10-14/h1-12,16,18H/b12-11+/t16-/m0/s1. The van der Waals surface area contributed by atoms with Crippen molar-refractivity contribution in [1.29, 1.82) is 0 Å². The van der Waals surface area contributed by atoms with Crippen LogP contribution in [0.15, 0.2) is 66.7 Å². The van der Waals surface area contributed by atoms with Crippen LogP contribution >= 0.6 is 0 Å². The second-order valence-corrected chi connectivity index (χ2v) is 3.96. The summed E-state index contributed by atoms with van der Waals surface area (Å²) in [6, 6.07) is 18.4. The molecule has 2 rings (SSSR count). The van der Waals surface area contributed by atoms with Crippen LogP contribution in [0.4, 0.5) is 0 Å². The molecule has 0 aliphatic heterocycles. The Bertz CT molecular complexity index is 530. The van der Waals surface area contributed by atoms with Crippen LogP contribution in [0.3, 0.4) is 0 Å². The summed E-state index contributed by atoms with van der Waals surface area (Å²) in [6.07, 6.45) is 2.02. The third-order valence-corrected chi connectivity index (χ3v) is 2.62. The number of ketones is 1. The van der Waals surface area contributed by atoms with Crippen LogP contribution in [0.1, 0.15) is 17.2 Å². The second kappa shape index (κ2) is 5.94. The Labute approximate surface area is 106 Å². The maximum absolute atomic E-state index is 11.8. The lowest BCUT2D eigenvalue weighted by molar-refractivity contribution is -0.122. The van der Waals surface area contributed by atoms with Crippen LogP contribution in [0.2, 0.25) is 0 Å². The van der Waals surface area contributed by atoms with Gasteiger partial charge < -0.3 is 5.11 Å². The summed E-state index contributed by atoms with van der Waals surface area (Å²) in [7, 11) is 0. The van der Waals surface area contributed by atoms with Gasteiger partial charge in [-0.2, -0.15) is 0 Å². The molecule has 0 saturated heterocycles.